The van der Waals surface area contributed by atoms with Crippen LogP contribution in [0.4, 0.5) is 5.82 Å². The van der Waals surface area contributed by atoms with Crippen LogP contribution in [0.3, 0.4) is 0 Å². The Kier molecular flexibility index (Phi) is 5.13. The number of benzene rings is 1. The van der Waals surface area contributed by atoms with Gasteiger partial charge < -0.3 is 19.9 Å². The van der Waals surface area contributed by atoms with Gasteiger partial charge in [-0.3, -0.25) is 0 Å². The summed E-state index contributed by atoms with van der Waals surface area (Å²) in [6.07, 6.45) is 0.396. The zero-order valence-corrected chi connectivity index (χ0v) is 12.4. The van der Waals surface area contributed by atoms with Crippen molar-refractivity contribution in [3.8, 4) is 11.5 Å². The van der Waals surface area contributed by atoms with Gasteiger partial charge in [0.25, 0.3) is 0 Å². The zero-order valence-electron chi connectivity index (χ0n) is 12.4. The Morgan fingerprint density at radius 1 is 1.27 bits per heavy atom. The van der Waals surface area contributed by atoms with Crippen molar-refractivity contribution in [2.24, 2.45) is 0 Å². The van der Waals surface area contributed by atoms with Gasteiger partial charge >= 0.3 is 5.97 Å². The number of carbonyl (C=O) groups is 1. The topological polar surface area (TPSA) is 93.6 Å². The lowest BCUT2D eigenvalue weighted by atomic mass is 10.3. The van der Waals surface area contributed by atoms with E-state index >= 15 is 0 Å². The van der Waals surface area contributed by atoms with E-state index in [-0.39, 0.29) is 5.69 Å². The van der Waals surface area contributed by atoms with Crippen molar-refractivity contribution in [2.75, 3.05) is 26.1 Å². The van der Waals surface area contributed by atoms with Crippen molar-refractivity contribution in [2.45, 2.75) is 6.42 Å². The van der Waals surface area contributed by atoms with Gasteiger partial charge in [-0.15, -0.1) is 0 Å². The number of carboxylic acid groups (broad SMARTS) is 1. The highest BCUT2D eigenvalue weighted by atomic mass is 16.5. The number of aromatic nitrogens is 2. The van der Waals surface area contributed by atoms with Gasteiger partial charge in [-0.05, 0) is 12.1 Å². The minimum absolute atomic E-state index is 0.0456. The van der Waals surface area contributed by atoms with Gasteiger partial charge in [0.1, 0.15) is 23.1 Å². The molecule has 0 atom stereocenters. The van der Waals surface area contributed by atoms with Gasteiger partial charge in [-0.2, -0.15) is 0 Å². The van der Waals surface area contributed by atoms with Crippen LogP contribution in [0, 0.1) is 0 Å². The lowest BCUT2D eigenvalue weighted by Gasteiger charge is -2.08. The lowest BCUT2D eigenvalue weighted by molar-refractivity contribution is 0.0690. The number of ether oxygens (including phenoxy) is 2. The maximum Gasteiger partial charge on any atom is 0.354 e. The van der Waals surface area contributed by atoms with Crippen molar-refractivity contribution < 1.29 is 19.4 Å². The molecule has 2 rings (SSSR count). The molecule has 7 nitrogen and oxygen atoms in total. The Labute approximate surface area is 127 Å². The third kappa shape index (κ3) is 4.08. The second-order valence-electron chi connectivity index (χ2n) is 4.39. The number of nitrogens with zero attached hydrogens (tertiary/aromatic N) is 2. The summed E-state index contributed by atoms with van der Waals surface area (Å²) in [6.45, 7) is 0.333. The Balaban J connectivity index is 2.01. The molecule has 1 aromatic heterocycles. The van der Waals surface area contributed by atoms with E-state index in [1.807, 2.05) is 18.2 Å². The number of nitrogens with one attached hydrogen (secondary N) is 1. The minimum Gasteiger partial charge on any atom is -0.497 e. The molecule has 0 aliphatic heterocycles. The van der Waals surface area contributed by atoms with Crippen LogP contribution in [0.1, 0.15) is 16.3 Å². The van der Waals surface area contributed by atoms with Crippen molar-refractivity contribution >= 4 is 11.8 Å². The second-order valence-corrected chi connectivity index (χ2v) is 4.39. The average Bonchev–Trinajstić information content (AvgIpc) is 2.54. The molecule has 22 heavy (non-hydrogen) atoms. The van der Waals surface area contributed by atoms with Crippen LogP contribution < -0.4 is 14.8 Å². The maximum absolute atomic E-state index is 11.0. The normalized spacial score (nSPS) is 10.1. The van der Waals surface area contributed by atoms with E-state index in [0.29, 0.717) is 36.2 Å². The summed E-state index contributed by atoms with van der Waals surface area (Å²) in [5, 5.41) is 11.8. The van der Waals surface area contributed by atoms with Gasteiger partial charge in [0.2, 0.25) is 0 Å². The SMILES string of the molecule is CNc1cc(C(=O)O)nc(CCOc2cccc(OC)c2)n1. The lowest BCUT2D eigenvalue weighted by Crippen LogP contribution is -2.11. The molecule has 0 aliphatic rings. The van der Waals surface area contributed by atoms with Crippen LogP contribution in [0.2, 0.25) is 0 Å². The summed E-state index contributed by atoms with van der Waals surface area (Å²) in [4.78, 5) is 19.2. The first-order valence-corrected chi connectivity index (χ1v) is 6.68. The molecule has 0 bridgehead atoms. The van der Waals surface area contributed by atoms with Gasteiger partial charge in [0.05, 0.1) is 13.7 Å². The van der Waals surface area contributed by atoms with E-state index in [2.05, 4.69) is 15.3 Å². The number of aromatic carboxylic acids is 1. The fourth-order valence-electron chi connectivity index (χ4n) is 1.80. The molecule has 0 amide bonds. The van der Waals surface area contributed by atoms with Crippen LogP contribution >= 0.6 is 0 Å². The van der Waals surface area contributed by atoms with Crippen LogP contribution in [0.15, 0.2) is 30.3 Å². The molecule has 116 valence electrons. The van der Waals surface area contributed by atoms with Crippen molar-refractivity contribution in [1.82, 2.24) is 9.97 Å². The molecule has 0 saturated carbocycles. The number of carboxylic acids is 1. The molecular formula is C15H17N3O4. The Hall–Kier alpha value is -2.83. The largest absolute Gasteiger partial charge is 0.497 e. The molecular weight excluding hydrogens is 286 g/mol. The molecule has 1 aromatic carbocycles. The van der Waals surface area contributed by atoms with Crippen molar-refractivity contribution in [1.29, 1.82) is 0 Å². The molecule has 0 radical (unpaired) electrons. The van der Waals surface area contributed by atoms with E-state index in [1.165, 1.54) is 6.07 Å². The first-order chi connectivity index (χ1) is 10.6. The van der Waals surface area contributed by atoms with Gasteiger partial charge in [-0.1, -0.05) is 6.07 Å². The predicted molar refractivity (Wildman–Crippen MR) is 80.7 cm³/mol. The van der Waals surface area contributed by atoms with Crippen LogP contribution in [-0.2, 0) is 6.42 Å². The summed E-state index contributed by atoms with van der Waals surface area (Å²) in [6, 6.07) is 8.62. The van der Waals surface area contributed by atoms with E-state index in [0.717, 1.165) is 0 Å². The van der Waals surface area contributed by atoms with E-state index in [1.54, 1.807) is 20.2 Å². The van der Waals surface area contributed by atoms with Crippen LogP contribution in [-0.4, -0.2) is 41.8 Å². The fourth-order valence-corrected chi connectivity index (χ4v) is 1.80. The van der Waals surface area contributed by atoms with E-state index in [4.69, 9.17) is 14.6 Å². The monoisotopic (exact) mass is 303 g/mol. The molecule has 1 heterocycles. The highest BCUT2D eigenvalue weighted by molar-refractivity contribution is 5.86. The van der Waals surface area contributed by atoms with Gasteiger partial charge in [0.15, 0.2) is 5.69 Å². The summed E-state index contributed by atoms with van der Waals surface area (Å²) < 4.78 is 10.7. The molecule has 0 fully saturated rings. The highest BCUT2D eigenvalue weighted by Crippen LogP contribution is 2.19. The van der Waals surface area contributed by atoms with Crippen molar-refractivity contribution in [3.05, 3.63) is 41.9 Å². The molecule has 0 aliphatic carbocycles. The number of methoxy groups -OCH3 is 1. The molecule has 0 spiro atoms. The standard InChI is InChI=1S/C15H17N3O4/c1-16-14-9-12(15(19)20)17-13(18-14)6-7-22-11-5-3-4-10(8-11)21-2/h3-5,8-9H,6-7H2,1-2H3,(H,19,20)(H,16,17,18). The fraction of sp³-hybridized carbons (Fsp3) is 0.267. The van der Waals surface area contributed by atoms with Crippen LogP contribution in [0.25, 0.3) is 0 Å². The minimum atomic E-state index is -1.09. The molecule has 0 saturated heterocycles. The third-order valence-corrected chi connectivity index (χ3v) is 2.88. The number of rotatable bonds is 7. The summed E-state index contributed by atoms with van der Waals surface area (Å²) in [5.74, 6) is 1.16. The second kappa shape index (κ2) is 7.26. The Bertz CT molecular complexity index is 661. The smallest absolute Gasteiger partial charge is 0.354 e. The molecule has 7 heteroatoms. The molecule has 0 unspecified atom stereocenters. The maximum atomic E-state index is 11.0. The number of hydrogen-bond acceptors (Lipinski definition) is 6. The summed E-state index contributed by atoms with van der Waals surface area (Å²) >= 11 is 0. The Morgan fingerprint density at radius 3 is 2.73 bits per heavy atom. The zero-order chi connectivity index (χ0) is 15.9. The average molecular weight is 303 g/mol. The van der Waals surface area contributed by atoms with E-state index in [9.17, 15) is 4.79 Å². The molecule has 2 N–H and O–H groups in total. The van der Waals surface area contributed by atoms with E-state index < -0.39 is 5.97 Å². The van der Waals surface area contributed by atoms with Crippen LogP contribution in [0.5, 0.6) is 11.5 Å². The Morgan fingerprint density at radius 2 is 2.05 bits per heavy atom. The quantitative estimate of drug-likeness (QED) is 0.806. The van der Waals surface area contributed by atoms with Crippen molar-refractivity contribution in [3.63, 3.8) is 0 Å². The van der Waals surface area contributed by atoms with Gasteiger partial charge in [-0.25, -0.2) is 14.8 Å². The first-order valence-electron chi connectivity index (χ1n) is 6.68. The number of anilines is 1. The first kappa shape index (κ1) is 15.6. The summed E-state index contributed by atoms with van der Waals surface area (Å²) in [7, 11) is 3.26. The van der Waals surface area contributed by atoms with Gasteiger partial charge in [0, 0.05) is 25.6 Å². The predicted octanol–water partition coefficient (Wildman–Crippen LogP) is 1.85. The summed E-state index contributed by atoms with van der Waals surface area (Å²) in [5.41, 5.74) is -0.0456. The number of hydrogen-bond donors (Lipinski definition) is 2. The third-order valence-electron chi connectivity index (χ3n) is 2.88. The highest BCUT2D eigenvalue weighted by Gasteiger charge is 2.10. The molecule has 2 aromatic rings.